The van der Waals surface area contributed by atoms with Gasteiger partial charge in [0, 0.05) is 28.8 Å². The molecule has 2 aromatic carbocycles. The van der Waals surface area contributed by atoms with Gasteiger partial charge in [-0.2, -0.15) is 0 Å². The van der Waals surface area contributed by atoms with E-state index in [2.05, 4.69) is 10.6 Å². The summed E-state index contributed by atoms with van der Waals surface area (Å²) < 4.78 is 16.7. The van der Waals surface area contributed by atoms with Crippen LogP contribution in [0.25, 0.3) is 0 Å². The monoisotopic (exact) mass is 623 g/mol. The van der Waals surface area contributed by atoms with Gasteiger partial charge in [-0.15, -0.1) is 0 Å². The summed E-state index contributed by atoms with van der Waals surface area (Å²) >= 11 is 0. The number of carbonyl (C=O) groups excluding carboxylic acids is 2. The highest BCUT2D eigenvalue weighted by Gasteiger charge is 2.46. The van der Waals surface area contributed by atoms with Gasteiger partial charge in [-0.3, -0.25) is 9.59 Å². The predicted octanol–water partition coefficient (Wildman–Crippen LogP) is -0.405. The Morgan fingerprint density at radius 2 is 1.73 bits per heavy atom. The van der Waals surface area contributed by atoms with Crippen LogP contribution in [0.15, 0.2) is 48.2 Å². The zero-order valence-electron chi connectivity index (χ0n) is 24.6. The van der Waals surface area contributed by atoms with Crippen molar-refractivity contribution in [1.82, 2.24) is 10.6 Å². The quantitative estimate of drug-likeness (QED) is 0.168. The number of hydrogen-bond donors (Lipinski definition) is 8. The van der Waals surface area contributed by atoms with Crippen LogP contribution in [0.2, 0.25) is 0 Å². The van der Waals surface area contributed by atoms with Crippen molar-refractivity contribution in [3.05, 3.63) is 76.0 Å². The molecule has 0 amide bonds. The minimum absolute atomic E-state index is 0.0342. The Balaban J connectivity index is 1.37. The standard InChI is InChI=1S/C32H37N3O10/c1-43-17-10-19-25(21(11-17)44-31-30(42)29(41)27(39)22(14-36)45-31)28(40)24-18(26(19)38)8-15(9-20(24)37)12-32(4-6-34-7-5-32)16-2-3-23(33)35-13-16/h2-3,8-11,13,22-23,27,29-31,34-37,39,41-42H,4-7,12,14,33H2,1H3/t22-,23?,27-,29+,30-,31-/m1/s1. The van der Waals surface area contributed by atoms with E-state index in [4.69, 9.17) is 19.9 Å². The average molecular weight is 624 g/mol. The molecular weight excluding hydrogens is 586 g/mol. The Bertz CT molecular complexity index is 1560. The van der Waals surface area contributed by atoms with Crippen LogP contribution in [0.3, 0.4) is 0 Å². The van der Waals surface area contributed by atoms with Crippen molar-refractivity contribution in [2.45, 2.75) is 56.1 Å². The summed E-state index contributed by atoms with van der Waals surface area (Å²) in [4.78, 5) is 28.0. The minimum Gasteiger partial charge on any atom is -0.507 e. The molecule has 0 aromatic heterocycles. The summed E-state index contributed by atoms with van der Waals surface area (Å²) in [5.74, 6) is -1.65. The smallest absolute Gasteiger partial charge is 0.229 e. The zero-order valence-corrected chi connectivity index (χ0v) is 24.6. The normalized spacial score (nSPS) is 28.9. The lowest BCUT2D eigenvalue weighted by Gasteiger charge is -2.40. The number of methoxy groups -OCH3 is 1. The third-order valence-corrected chi connectivity index (χ3v) is 9.15. The van der Waals surface area contributed by atoms with Crippen LogP contribution in [0.1, 0.15) is 50.2 Å². The van der Waals surface area contributed by atoms with Crippen molar-refractivity contribution in [2.24, 2.45) is 11.1 Å². The second-order valence-electron chi connectivity index (χ2n) is 11.9. The number of carbonyl (C=O) groups is 2. The van der Waals surface area contributed by atoms with Gasteiger partial charge < -0.3 is 56.1 Å². The maximum atomic E-state index is 14.0. The number of nitrogens with one attached hydrogen (secondary N) is 2. The van der Waals surface area contributed by atoms with Gasteiger partial charge >= 0.3 is 0 Å². The van der Waals surface area contributed by atoms with Crippen LogP contribution in [-0.4, -0.2) is 101 Å². The molecule has 2 aromatic rings. The fourth-order valence-electron chi connectivity index (χ4n) is 6.67. The number of ketones is 2. The second kappa shape index (κ2) is 12.2. The second-order valence-corrected chi connectivity index (χ2v) is 11.9. The molecule has 2 saturated heterocycles. The summed E-state index contributed by atoms with van der Waals surface area (Å²) in [6.45, 7) is 0.892. The maximum Gasteiger partial charge on any atom is 0.229 e. The van der Waals surface area contributed by atoms with Crippen molar-refractivity contribution in [1.29, 1.82) is 0 Å². The molecule has 6 atom stereocenters. The number of aromatic hydroxyl groups is 1. The number of allylic oxidation sites excluding steroid dienone is 2. The van der Waals surface area contributed by atoms with Gasteiger partial charge in [0.2, 0.25) is 12.1 Å². The first kappa shape index (κ1) is 31.2. The van der Waals surface area contributed by atoms with Gasteiger partial charge in [-0.1, -0.05) is 6.08 Å². The van der Waals surface area contributed by atoms with Gasteiger partial charge in [-0.25, -0.2) is 0 Å². The maximum absolute atomic E-state index is 14.0. The van der Waals surface area contributed by atoms with Crippen molar-refractivity contribution < 1.29 is 49.3 Å². The van der Waals surface area contributed by atoms with Gasteiger partial charge in [0.25, 0.3) is 0 Å². The number of rotatable bonds is 7. The molecule has 1 aliphatic carbocycles. The molecule has 13 nitrogen and oxygen atoms in total. The molecule has 0 radical (unpaired) electrons. The summed E-state index contributed by atoms with van der Waals surface area (Å²) in [6, 6.07) is 5.86. The van der Waals surface area contributed by atoms with E-state index in [-0.39, 0.29) is 51.1 Å². The van der Waals surface area contributed by atoms with E-state index in [1.54, 1.807) is 6.07 Å². The fourth-order valence-corrected chi connectivity index (χ4v) is 6.67. The highest BCUT2D eigenvalue weighted by atomic mass is 16.7. The average Bonchev–Trinajstić information content (AvgIpc) is 3.04. The molecule has 3 aliphatic heterocycles. The van der Waals surface area contributed by atoms with E-state index in [0.717, 1.165) is 31.5 Å². The largest absolute Gasteiger partial charge is 0.507 e. The lowest BCUT2D eigenvalue weighted by Crippen LogP contribution is -2.60. The Labute approximate surface area is 258 Å². The van der Waals surface area contributed by atoms with E-state index in [9.17, 15) is 35.1 Å². The number of aliphatic hydroxyl groups is 4. The van der Waals surface area contributed by atoms with Gasteiger partial charge in [0.1, 0.15) is 41.7 Å². The van der Waals surface area contributed by atoms with Crippen molar-refractivity contribution in [2.75, 3.05) is 26.8 Å². The third-order valence-electron chi connectivity index (χ3n) is 9.15. The number of benzene rings is 2. The number of aliphatic hydroxyl groups excluding tert-OH is 4. The molecule has 45 heavy (non-hydrogen) atoms. The lowest BCUT2D eigenvalue weighted by molar-refractivity contribution is -0.277. The highest BCUT2D eigenvalue weighted by Crippen LogP contribution is 2.45. The predicted molar refractivity (Wildman–Crippen MR) is 159 cm³/mol. The molecule has 9 N–H and O–H groups in total. The van der Waals surface area contributed by atoms with E-state index in [1.165, 1.54) is 25.3 Å². The molecule has 1 unspecified atom stereocenters. The Hall–Kier alpha value is -3.82. The molecule has 4 aliphatic rings. The van der Waals surface area contributed by atoms with Crippen molar-refractivity contribution in [3.63, 3.8) is 0 Å². The Morgan fingerprint density at radius 1 is 1.00 bits per heavy atom. The van der Waals surface area contributed by atoms with Crippen LogP contribution < -0.4 is 25.8 Å². The van der Waals surface area contributed by atoms with Crippen LogP contribution in [0.4, 0.5) is 0 Å². The van der Waals surface area contributed by atoms with Crippen LogP contribution in [-0.2, 0) is 11.2 Å². The minimum atomic E-state index is -1.76. The summed E-state index contributed by atoms with van der Waals surface area (Å²) in [5.41, 5.74) is 7.03. The Morgan fingerprint density at radius 3 is 2.40 bits per heavy atom. The molecule has 6 rings (SSSR count). The molecule has 0 saturated carbocycles. The van der Waals surface area contributed by atoms with Crippen molar-refractivity contribution in [3.8, 4) is 17.2 Å². The van der Waals surface area contributed by atoms with Gasteiger partial charge in [0.05, 0.1) is 31.0 Å². The molecule has 0 bridgehead atoms. The Kier molecular flexibility index (Phi) is 8.43. The van der Waals surface area contributed by atoms with Crippen LogP contribution in [0.5, 0.6) is 17.2 Å². The topological polar surface area (TPSA) is 213 Å². The third kappa shape index (κ3) is 5.50. The SMILES string of the molecule is COc1cc(O[C@@H]2O[C@H](CO)[C@@H](O)[C@H](O)[C@H]2O)c2c(c1)C(=O)c1cc(CC3(C4=CNC(N)C=C4)CCNCC3)cc(O)c1C2=O. The number of dihydropyridines is 1. The van der Waals surface area contributed by atoms with E-state index >= 15 is 0 Å². The highest BCUT2D eigenvalue weighted by molar-refractivity contribution is 6.30. The molecule has 13 heteroatoms. The molecule has 0 spiro atoms. The van der Waals surface area contributed by atoms with Crippen LogP contribution in [0, 0.1) is 5.41 Å². The fraction of sp³-hybridized carbons (Fsp3) is 0.438. The van der Waals surface area contributed by atoms with Crippen molar-refractivity contribution >= 4 is 11.6 Å². The summed E-state index contributed by atoms with van der Waals surface area (Å²) in [7, 11) is 1.36. The van der Waals surface area contributed by atoms with Gasteiger partial charge in [0.15, 0.2) is 5.78 Å². The molecule has 2 fully saturated rings. The first-order chi connectivity index (χ1) is 21.6. The number of ether oxygens (including phenoxy) is 3. The number of phenols is 1. The molecular formula is C32H37N3O10. The number of hydrogen-bond acceptors (Lipinski definition) is 13. The molecule has 3 heterocycles. The number of fused-ring (bicyclic) bond motifs is 2. The van der Waals surface area contributed by atoms with E-state index in [0.29, 0.717) is 12.0 Å². The summed E-state index contributed by atoms with van der Waals surface area (Å²) in [5, 5.41) is 58.3. The van der Waals surface area contributed by atoms with E-state index in [1.807, 2.05) is 18.4 Å². The molecule has 240 valence electrons. The zero-order chi connectivity index (χ0) is 32.0. The number of phenolic OH excluding ortho intramolecular Hbond substituents is 1. The lowest BCUT2D eigenvalue weighted by atomic mass is 9.68. The van der Waals surface area contributed by atoms with E-state index < -0.39 is 48.9 Å². The van der Waals surface area contributed by atoms with Gasteiger partial charge in [-0.05, 0) is 67.8 Å². The first-order valence-corrected chi connectivity index (χ1v) is 14.8. The first-order valence-electron chi connectivity index (χ1n) is 14.8. The van der Waals surface area contributed by atoms with Crippen LogP contribution >= 0.6 is 0 Å². The number of piperidine rings is 1. The summed E-state index contributed by atoms with van der Waals surface area (Å²) in [6.07, 6.45) is -0.321. The number of nitrogens with two attached hydrogens (primary N) is 1.